The third-order valence-electron chi connectivity index (χ3n) is 3.05. The van der Waals surface area contributed by atoms with Crippen molar-refractivity contribution in [1.29, 1.82) is 0 Å². The van der Waals surface area contributed by atoms with E-state index in [1.807, 2.05) is 0 Å². The van der Waals surface area contributed by atoms with Crippen molar-refractivity contribution in [2.45, 2.75) is 6.42 Å². The summed E-state index contributed by atoms with van der Waals surface area (Å²) < 4.78 is 10.1. The first kappa shape index (κ1) is 16.4. The van der Waals surface area contributed by atoms with Crippen molar-refractivity contribution < 1.29 is 19.1 Å². The molecule has 120 valence electrons. The van der Waals surface area contributed by atoms with Gasteiger partial charge in [0, 0.05) is 17.4 Å². The van der Waals surface area contributed by atoms with Crippen LogP contribution in [0.25, 0.3) is 0 Å². The van der Waals surface area contributed by atoms with Gasteiger partial charge in [0.1, 0.15) is 17.9 Å². The second-order valence-corrected chi connectivity index (χ2v) is 4.73. The van der Waals surface area contributed by atoms with Gasteiger partial charge in [-0.1, -0.05) is 6.07 Å². The zero-order valence-electron chi connectivity index (χ0n) is 13.0. The Hall–Kier alpha value is -3.02. The second-order valence-electron chi connectivity index (χ2n) is 4.73. The molecule has 2 aromatic rings. The first-order valence-corrected chi connectivity index (χ1v) is 6.98. The van der Waals surface area contributed by atoms with Crippen molar-refractivity contribution in [3.8, 4) is 11.5 Å². The summed E-state index contributed by atoms with van der Waals surface area (Å²) in [6.07, 6.45) is -0.275. The van der Waals surface area contributed by atoms with Gasteiger partial charge in [0.15, 0.2) is 0 Å². The second kappa shape index (κ2) is 7.84. The smallest absolute Gasteiger partial charge is 0.233 e. The van der Waals surface area contributed by atoms with E-state index in [-0.39, 0.29) is 6.42 Å². The third kappa shape index (κ3) is 5.03. The van der Waals surface area contributed by atoms with Crippen LogP contribution in [-0.2, 0) is 9.59 Å². The lowest BCUT2D eigenvalue weighted by atomic mass is 10.2. The van der Waals surface area contributed by atoms with Crippen molar-refractivity contribution >= 4 is 23.2 Å². The van der Waals surface area contributed by atoms with E-state index in [0.29, 0.717) is 22.9 Å². The number of nitrogens with one attached hydrogen (secondary N) is 2. The van der Waals surface area contributed by atoms with E-state index in [9.17, 15) is 9.59 Å². The van der Waals surface area contributed by atoms with E-state index in [1.165, 1.54) is 0 Å². The Kier molecular flexibility index (Phi) is 5.57. The maximum Gasteiger partial charge on any atom is 0.233 e. The number of hydrogen-bond donors (Lipinski definition) is 2. The molecule has 23 heavy (non-hydrogen) atoms. The van der Waals surface area contributed by atoms with E-state index in [2.05, 4.69) is 10.6 Å². The maximum atomic E-state index is 11.9. The Bertz CT molecular complexity index is 683. The van der Waals surface area contributed by atoms with Crippen LogP contribution in [0, 0.1) is 0 Å². The Morgan fingerprint density at radius 1 is 0.826 bits per heavy atom. The standard InChI is InChI=1S/C17H18N2O4/c1-22-14-8-6-12(7-9-14)18-16(20)11-17(21)19-13-4-3-5-15(10-13)23-2/h3-10H,11H2,1-2H3,(H,18,20)(H,19,21). The summed E-state index contributed by atoms with van der Waals surface area (Å²) in [6, 6.07) is 13.8. The molecule has 0 aromatic heterocycles. The molecule has 0 fully saturated rings. The number of benzene rings is 2. The van der Waals surface area contributed by atoms with Crippen molar-refractivity contribution in [3.05, 3.63) is 48.5 Å². The van der Waals surface area contributed by atoms with Crippen molar-refractivity contribution in [2.24, 2.45) is 0 Å². The van der Waals surface area contributed by atoms with E-state index in [0.717, 1.165) is 0 Å². The van der Waals surface area contributed by atoms with Crippen LogP contribution < -0.4 is 20.1 Å². The molecule has 0 saturated carbocycles. The molecule has 2 N–H and O–H groups in total. The quantitative estimate of drug-likeness (QED) is 0.804. The minimum Gasteiger partial charge on any atom is -0.497 e. The van der Waals surface area contributed by atoms with Gasteiger partial charge in [-0.25, -0.2) is 0 Å². The van der Waals surface area contributed by atoms with Gasteiger partial charge in [0.2, 0.25) is 11.8 Å². The fourth-order valence-electron chi connectivity index (χ4n) is 1.93. The fraction of sp³-hybridized carbons (Fsp3) is 0.176. The van der Waals surface area contributed by atoms with Gasteiger partial charge in [-0.3, -0.25) is 9.59 Å². The summed E-state index contributed by atoms with van der Waals surface area (Å²) in [6.45, 7) is 0. The van der Waals surface area contributed by atoms with Crippen molar-refractivity contribution in [3.63, 3.8) is 0 Å². The Morgan fingerprint density at radius 2 is 1.43 bits per heavy atom. The van der Waals surface area contributed by atoms with Crippen LogP contribution in [0.4, 0.5) is 11.4 Å². The monoisotopic (exact) mass is 314 g/mol. The average Bonchev–Trinajstić information content (AvgIpc) is 2.55. The number of hydrogen-bond acceptors (Lipinski definition) is 4. The Labute approximate surface area is 134 Å². The molecule has 6 heteroatoms. The molecule has 0 heterocycles. The van der Waals surface area contributed by atoms with Crippen LogP contribution in [0.2, 0.25) is 0 Å². The van der Waals surface area contributed by atoms with Gasteiger partial charge >= 0.3 is 0 Å². The summed E-state index contributed by atoms with van der Waals surface area (Å²) in [5.74, 6) is 0.532. The topological polar surface area (TPSA) is 76.7 Å². The maximum absolute atomic E-state index is 11.9. The zero-order valence-corrected chi connectivity index (χ0v) is 13.0. The number of amides is 2. The molecule has 0 saturated heterocycles. The van der Waals surface area contributed by atoms with Crippen LogP contribution in [0.3, 0.4) is 0 Å². The summed E-state index contributed by atoms with van der Waals surface area (Å²) in [5.41, 5.74) is 1.18. The molecule has 2 aromatic carbocycles. The summed E-state index contributed by atoms with van der Waals surface area (Å²) >= 11 is 0. The van der Waals surface area contributed by atoms with E-state index in [4.69, 9.17) is 9.47 Å². The van der Waals surface area contributed by atoms with Crippen LogP contribution in [0.1, 0.15) is 6.42 Å². The molecule has 0 bridgehead atoms. The Morgan fingerprint density at radius 3 is 2.04 bits per heavy atom. The fourth-order valence-corrected chi connectivity index (χ4v) is 1.93. The molecule has 0 aliphatic carbocycles. The predicted molar refractivity (Wildman–Crippen MR) is 87.9 cm³/mol. The number of carbonyl (C=O) groups excluding carboxylic acids is 2. The van der Waals surface area contributed by atoms with Crippen LogP contribution in [0.15, 0.2) is 48.5 Å². The van der Waals surface area contributed by atoms with Gasteiger partial charge in [0.25, 0.3) is 0 Å². The zero-order chi connectivity index (χ0) is 16.7. The highest BCUT2D eigenvalue weighted by molar-refractivity contribution is 6.08. The van der Waals surface area contributed by atoms with Gasteiger partial charge in [-0.15, -0.1) is 0 Å². The third-order valence-corrected chi connectivity index (χ3v) is 3.05. The minimum atomic E-state index is -0.399. The van der Waals surface area contributed by atoms with E-state index in [1.54, 1.807) is 62.8 Å². The molecule has 0 unspecified atom stereocenters. The highest BCUT2D eigenvalue weighted by Gasteiger charge is 2.10. The molecule has 2 amide bonds. The highest BCUT2D eigenvalue weighted by Crippen LogP contribution is 2.17. The van der Waals surface area contributed by atoms with Gasteiger partial charge in [-0.2, -0.15) is 0 Å². The van der Waals surface area contributed by atoms with Crippen LogP contribution >= 0.6 is 0 Å². The molecule has 0 aliphatic rings. The number of anilines is 2. The van der Waals surface area contributed by atoms with Gasteiger partial charge in [-0.05, 0) is 36.4 Å². The molecule has 2 rings (SSSR count). The molecule has 6 nitrogen and oxygen atoms in total. The van der Waals surface area contributed by atoms with Gasteiger partial charge < -0.3 is 20.1 Å². The molecular weight excluding hydrogens is 296 g/mol. The van der Waals surface area contributed by atoms with Crippen molar-refractivity contribution in [2.75, 3.05) is 24.9 Å². The minimum absolute atomic E-state index is 0.275. The number of rotatable bonds is 6. The lowest BCUT2D eigenvalue weighted by Gasteiger charge is -2.08. The van der Waals surface area contributed by atoms with Crippen LogP contribution in [-0.4, -0.2) is 26.0 Å². The summed E-state index contributed by atoms with van der Waals surface area (Å²) in [4.78, 5) is 23.7. The molecule has 0 atom stereocenters. The lowest BCUT2D eigenvalue weighted by molar-refractivity contribution is -0.123. The van der Waals surface area contributed by atoms with E-state index < -0.39 is 11.8 Å². The molecular formula is C17H18N2O4. The average molecular weight is 314 g/mol. The lowest BCUT2D eigenvalue weighted by Crippen LogP contribution is -2.21. The SMILES string of the molecule is COc1ccc(NC(=O)CC(=O)Nc2cccc(OC)c2)cc1. The summed E-state index contributed by atoms with van der Waals surface area (Å²) in [5, 5.41) is 5.30. The first-order valence-electron chi connectivity index (χ1n) is 6.98. The molecule has 0 spiro atoms. The van der Waals surface area contributed by atoms with Crippen molar-refractivity contribution in [1.82, 2.24) is 0 Å². The molecule has 0 aliphatic heterocycles. The summed E-state index contributed by atoms with van der Waals surface area (Å²) in [7, 11) is 3.11. The van der Waals surface area contributed by atoms with Gasteiger partial charge in [0.05, 0.1) is 14.2 Å². The predicted octanol–water partition coefficient (Wildman–Crippen LogP) is 2.67. The molecule has 0 radical (unpaired) electrons. The normalized spacial score (nSPS) is 9.83. The largest absolute Gasteiger partial charge is 0.497 e. The number of methoxy groups -OCH3 is 2. The number of ether oxygens (including phenoxy) is 2. The Balaban J connectivity index is 1.87. The van der Waals surface area contributed by atoms with Crippen LogP contribution in [0.5, 0.6) is 11.5 Å². The van der Waals surface area contributed by atoms with E-state index >= 15 is 0 Å². The first-order chi connectivity index (χ1) is 11.1. The highest BCUT2D eigenvalue weighted by atomic mass is 16.5. The number of carbonyl (C=O) groups is 2.